The van der Waals surface area contributed by atoms with Crippen molar-refractivity contribution in [1.82, 2.24) is 14.7 Å². The van der Waals surface area contributed by atoms with E-state index in [-0.39, 0.29) is 19.8 Å². The first-order valence-corrected chi connectivity index (χ1v) is 8.95. The van der Waals surface area contributed by atoms with Crippen LogP contribution in [-0.4, -0.2) is 135 Å². The van der Waals surface area contributed by atoms with Gasteiger partial charge in [-0.25, -0.2) is 0 Å². The van der Waals surface area contributed by atoms with Crippen LogP contribution in [0.5, 0.6) is 0 Å². The van der Waals surface area contributed by atoms with Gasteiger partial charge < -0.3 is 24.8 Å². The minimum Gasteiger partial charge on any atom is -0.395 e. The molecule has 0 aromatic carbocycles. The minimum atomic E-state index is 0.131. The predicted molar refractivity (Wildman–Crippen MR) is 92.2 cm³/mol. The van der Waals surface area contributed by atoms with Gasteiger partial charge in [0.2, 0.25) is 0 Å². The van der Waals surface area contributed by atoms with Crippen molar-refractivity contribution in [2.24, 2.45) is 0 Å². The summed E-state index contributed by atoms with van der Waals surface area (Å²) in [6.07, 6.45) is 0. The Morgan fingerprint density at radius 2 is 0.833 bits per heavy atom. The third-order valence-corrected chi connectivity index (χ3v) is 4.19. The lowest BCUT2D eigenvalue weighted by molar-refractivity contribution is 0.0299. The summed E-state index contributed by atoms with van der Waals surface area (Å²) in [5.41, 5.74) is 0. The lowest BCUT2D eigenvalue weighted by Gasteiger charge is -2.29. The lowest BCUT2D eigenvalue weighted by Crippen LogP contribution is -2.43. The largest absolute Gasteiger partial charge is 0.395 e. The highest BCUT2D eigenvalue weighted by molar-refractivity contribution is 4.67. The van der Waals surface area contributed by atoms with Gasteiger partial charge in [-0.15, -0.1) is 0 Å². The molecular formula is C16H35N3O5. The van der Waals surface area contributed by atoms with Gasteiger partial charge in [0.05, 0.1) is 46.2 Å². The summed E-state index contributed by atoms with van der Waals surface area (Å²) in [6.45, 7) is 9.59. The van der Waals surface area contributed by atoms with E-state index >= 15 is 0 Å². The fourth-order valence-electron chi connectivity index (χ4n) is 2.71. The number of hydrogen-bond acceptors (Lipinski definition) is 8. The highest BCUT2D eigenvalue weighted by Gasteiger charge is 2.12. The third kappa shape index (κ3) is 10.5. The average molecular weight is 349 g/mol. The van der Waals surface area contributed by atoms with Crippen LogP contribution in [0.1, 0.15) is 0 Å². The summed E-state index contributed by atoms with van der Waals surface area (Å²) < 4.78 is 11.2. The Bertz CT molecular complexity index is 262. The van der Waals surface area contributed by atoms with E-state index in [0.29, 0.717) is 46.1 Å². The maximum Gasteiger partial charge on any atom is 0.0701 e. The van der Waals surface area contributed by atoms with E-state index in [0.717, 1.165) is 39.3 Å². The van der Waals surface area contributed by atoms with Crippen molar-refractivity contribution in [3.05, 3.63) is 0 Å². The van der Waals surface area contributed by atoms with Crippen LogP contribution in [0.25, 0.3) is 0 Å². The van der Waals surface area contributed by atoms with E-state index in [4.69, 9.17) is 9.47 Å². The van der Waals surface area contributed by atoms with E-state index in [2.05, 4.69) is 14.7 Å². The summed E-state index contributed by atoms with van der Waals surface area (Å²) in [4.78, 5) is 6.57. The Hall–Kier alpha value is -0.320. The van der Waals surface area contributed by atoms with Gasteiger partial charge in [-0.3, -0.25) is 14.7 Å². The molecule has 24 heavy (non-hydrogen) atoms. The molecule has 144 valence electrons. The van der Waals surface area contributed by atoms with E-state index < -0.39 is 0 Å². The number of aliphatic hydroxyl groups excluding tert-OH is 3. The molecule has 0 radical (unpaired) electrons. The molecule has 0 bridgehead atoms. The predicted octanol–water partition coefficient (Wildman–Crippen LogP) is -2.08. The van der Waals surface area contributed by atoms with Crippen LogP contribution in [0.15, 0.2) is 0 Å². The molecule has 8 heteroatoms. The zero-order valence-electron chi connectivity index (χ0n) is 14.8. The molecule has 0 spiro atoms. The summed E-state index contributed by atoms with van der Waals surface area (Å²) in [5.74, 6) is 0. The highest BCUT2D eigenvalue weighted by Crippen LogP contribution is 1.97. The molecule has 0 aromatic heterocycles. The number of hydrogen-bond donors (Lipinski definition) is 3. The van der Waals surface area contributed by atoms with Gasteiger partial charge in [0.25, 0.3) is 0 Å². The van der Waals surface area contributed by atoms with E-state index in [1.54, 1.807) is 0 Å². The van der Waals surface area contributed by atoms with Gasteiger partial charge in [0, 0.05) is 58.9 Å². The molecule has 1 fully saturated rings. The second-order valence-electron chi connectivity index (χ2n) is 5.92. The fraction of sp³-hybridized carbons (Fsp3) is 1.00. The van der Waals surface area contributed by atoms with Crippen molar-refractivity contribution >= 4 is 0 Å². The number of β-amino-alcohol motifs (C(OH)–C–C–N with tert-alkyl or cyclic N) is 3. The molecule has 0 saturated carbocycles. The molecule has 0 atom stereocenters. The Balaban J connectivity index is 2.56. The monoisotopic (exact) mass is 349 g/mol. The van der Waals surface area contributed by atoms with Gasteiger partial charge >= 0.3 is 0 Å². The molecule has 0 aromatic rings. The van der Waals surface area contributed by atoms with Crippen molar-refractivity contribution < 1.29 is 24.8 Å². The first kappa shape index (κ1) is 21.7. The highest BCUT2D eigenvalue weighted by atomic mass is 16.5. The van der Waals surface area contributed by atoms with Crippen LogP contribution in [0, 0.1) is 0 Å². The molecule has 8 nitrogen and oxygen atoms in total. The van der Waals surface area contributed by atoms with Gasteiger partial charge in [-0.05, 0) is 0 Å². The fourth-order valence-corrected chi connectivity index (χ4v) is 2.71. The molecule has 1 heterocycles. The minimum absolute atomic E-state index is 0.131. The van der Waals surface area contributed by atoms with E-state index in [9.17, 15) is 15.3 Å². The third-order valence-electron chi connectivity index (χ3n) is 4.19. The van der Waals surface area contributed by atoms with E-state index in [1.165, 1.54) is 0 Å². The van der Waals surface area contributed by atoms with E-state index in [1.807, 2.05) is 0 Å². The van der Waals surface area contributed by atoms with Crippen molar-refractivity contribution in [2.75, 3.05) is 105 Å². The topological polar surface area (TPSA) is 88.9 Å². The molecular weight excluding hydrogens is 314 g/mol. The zero-order chi connectivity index (χ0) is 17.5. The van der Waals surface area contributed by atoms with Crippen LogP contribution in [0.4, 0.5) is 0 Å². The van der Waals surface area contributed by atoms with Gasteiger partial charge in [-0.1, -0.05) is 0 Å². The molecule has 1 aliphatic heterocycles. The van der Waals surface area contributed by atoms with Crippen molar-refractivity contribution in [1.29, 1.82) is 0 Å². The Morgan fingerprint density at radius 3 is 1.17 bits per heavy atom. The van der Waals surface area contributed by atoms with Crippen molar-refractivity contribution in [3.8, 4) is 0 Å². The average Bonchev–Trinajstić information content (AvgIpc) is 2.58. The lowest BCUT2D eigenvalue weighted by atomic mass is 10.3. The molecule has 1 aliphatic rings. The van der Waals surface area contributed by atoms with Gasteiger partial charge in [-0.2, -0.15) is 0 Å². The first-order valence-electron chi connectivity index (χ1n) is 8.95. The van der Waals surface area contributed by atoms with Crippen molar-refractivity contribution in [2.45, 2.75) is 0 Å². The second kappa shape index (κ2) is 15.0. The SMILES string of the molecule is OCCN1CCOCCOCCN(CCO)CCN(CCO)CC1. The Labute approximate surface area is 145 Å². The number of aliphatic hydroxyl groups is 3. The van der Waals surface area contributed by atoms with Crippen LogP contribution in [0.2, 0.25) is 0 Å². The normalized spacial score (nSPS) is 22.1. The molecule has 1 rings (SSSR count). The van der Waals surface area contributed by atoms with Crippen LogP contribution < -0.4 is 0 Å². The van der Waals surface area contributed by atoms with Crippen molar-refractivity contribution in [3.63, 3.8) is 0 Å². The summed E-state index contributed by atoms with van der Waals surface area (Å²) in [6, 6.07) is 0. The molecule has 0 aliphatic carbocycles. The Kier molecular flexibility index (Phi) is 13.6. The molecule has 3 N–H and O–H groups in total. The zero-order valence-corrected chi connectivity index (χ0v) is 14.8. The van der Waals surface area contributed by atoms with Gasteiger partial charge in [0.15, 0.2) is 0 Å². The standard InChI is InChI=1S/C16H35N3O5/c20-10-5-17-1-3-18(6-11-21)8-13-23-15-16-24-14-9-19(4-2-17)7-12-22/h20-22H,1-16H2. The summed E-state index contributed by atoms with van der Waals surface area (Å²) in [7, 11) is 0. The second-order valence-corrected chi connectivity index (χ2v) is 5.92. The first-order chi connectivity index (χ1) is 11.8. The molecule has 1 saturated heterocycles. The van der Waals surface area contributed by atoms with Crippen LogP contribution >= 0.6 is 0 Å². The van der Waals surface area contributed by atoms with Gasteiger partial charge in [0.1, 0.15) is 0 Å². The molecule has 0 unspecified atom stereocenters. The Morgan fingerprint density at radius 1 is 0.500 bits per heavy atom. The van der Waals surface area contributed by atoms with Crippen LogP contribution in [-0.2, 0) is 9.47 Å². The quantitative estimate of drug-likeness (QED) is 0.503. The maximum atomic E-state index is 9.28. The number of rotatable bonds is 6. The van der Waals surface area contributed by atoms with Crippen LogP contribution in [0.3, 0.4) is 0 Å². The number of nitrogens with zero attached hydrogens (tertiary/aromatic N) is 3. The smallest absolute Gasteiger partial charge is 0.0701 e. The number of ether oxygens (including phenoxy) is 2. The molecule has 0 amide bonds. The maximum absolute atomic E-state index is 9.28. The summed E-state index contributed by atoms with van der Waals surface area (Å²) in [5, 5.41) is 27.7. The summed E-state index contributed by atoms with van der Waals surface area (Å²) >= 11 is 0.